The molecule has 1 aromatic heterocycles. The molecule has 1 aromatic carbocycles. The normalized spacial score (nSPS) is 16.8. The number of ether oxygens (including phenoxy) is 2. The van der Waals surface area contributed by atoms with Crippen LogP contribution in [-0.4, -0.2) is 25.1 Å². The fraction of sp³-hybridized carbons (Fsp3) is 0.263. The smallest absolute Gasteiger partial charge is 0.375 e. The van der Waals surface area contributed by atoms with Crippen molar-refractivity contribution in [2.45, 2.75) is 31.3 Å². The van der Waals surface area contributed by atoms with Gasteiger partial charge in [-0.3, -0.25) is 0 Å². The first kappa shape index (κ1) is 19.0. The van der Waals surface area contributed by atoms with Gasteiger partial charge in [-0.1, -0.05) is 19.9 Å². The van der Waals surface area contributed by atoms with E-state index >= 15 is 0 Å². The van der Waals surface area contributed by atoms with Gasteiger partial charge in [-0.25, -0.2) is 22.6 Å². The molecule has 2 heterocycles. The van der Waals surface area contributed by atoms with Crippen LogP contribution in [0.15, 0.2) is 53.3 Å². The van der Waals surface area contributed by atoms with Gasteiger partial charge in [0, 0.05) is 17.7 Å². The summed E-state index contributed by atoms with van der Waals surface area (Å²) >= 11 is 0. The molecule has 1 atom stereocenters. The number of aryl methyl sites for hydroxylation is 1. The molecule has 0 unspecified atom stereocenters. The lowest BCUT2D eigenvalue weighted by molar-refractivity contribution is -0.141. The predicted molar refractivity (Wildman–Crippen MR) is 95.3 cm³/mol. The zero-order valence-corrected chi connectivity index (χ0v) is 15.6. The van der Waals surface area contributed by atoms with E-state index in [0.717, 1.165) is 17.8 Å². The van der Waals surface area contributed by atoms with Crippen molar-refractivity contribution in [2.75, 3.05) is 5.75 Å². The van der Waals surface area contributed by atoms with Crippen LogP contribution in [-0.2, 0) is 25.8 Å². The average Bonchev–Trinajstić information content (AvgIpc) is 3.03. The van der Waals surface area contributed by atoms with Crippen LogP contribution in [0, 0.1) is 5.82 Å². The molecular formula is C19H18FNO5S. The van der Waals surface area contributed by atoms with Crippen molar-refractivity contribution in [2.24, 2.45) is 0 Å². The third-order valence-electron chi connectivity index (χ3n) is 4.20. The van der Waals surface area contributed by atoms with E-state index in [1.54, 1.807) is 19.1 Å². The first-order chi connectivity index (χ1) is 12.8. The third-order valence-corrected chi connectivity index (χ3v) is 5.93. The molecule has 1 aliphatic heterocycles. The summed E-state index contributed by atoms with van der Waals surface area (Å²) in [4.78, 5) is 16.0. The van der Waals surface area contributed by atoms with Gasteiger partial charge in [0.1, 0.15) is 11.9 Å². The minimum absolute atomic E-state index is 0.0250. The van der Waals surface area contributed by atoms with Gasteiger partial charge in [-0.2, -0.15) is 0 Å². The summed E-state index contributed by atoms with van der Waals surface area (Å²) in [5.74, 6) is -1.27. The van der Waals surface area contributed by atoms with E-state index in [-0.39, 0.29) is 22.3 Å². The lowest BCUT2D eigenvalue weighted by atomic mass is 10.0. The van der Waals surface area contributed by atoms with E-state index in [4.69, 9.17) is 9.47 Å². The Balaban J connectivity index is 1.94. The highest BCUT2D eigenvalue weighted by Gasteiger charge is 2.31. The van der Waals surface area contributed by atoms with Gasteiger partial charge in [-0.05, 0) is 30.2 Å². The molecule has 142 valence electrons. The van der Waals surface area contributed by atoms with Crippen molar-refractivity contribution in [3.05, 3.63) is 65.3 Å². The fourth-order valence-electron chi connectivity index (χ4n) is 2.70. The Morgan fingerprint density at radius 1 is 1.22 bits per heavy atom. The maximum Gasteiger partial charge on any atom is 0.375 e. The van der Waals surface area contributed by atoms with Gasteiger partial charge in [0.05, 0.1) is 16.8 Å². The molecule has 2 aromatic rings. The molecule has 0 spiro atoms. The second kappa shape index (κ2) is 7.48. The van der Waals surface area contributed by atoms with Crippen LogP contribution in [0.2, 0.25) is 0 Å². The number of cyclic esters (lactones) is 1. The van der Waals surface area contributed by atoms with E-state index in [2.05, 4.69) is 4.98 Å². The van der Waals surface area contributed by atoms with Crippen LogP contribution in [0.5, 0.6) is 5.88 Å². The number of rotatable bonds is 6. The number of halogens is 1. The van der Waals surface area contributed by atoms with Gasteiger partial charge in [0.15, 0.2) is 9.84 Å². The minimum atomic E-state index is -3.39. The highest BCUT2D eigenvalue weighted by molar-refractivity contribution is 7.91. The lowest BCUT2D eigenvalue weighted by Crippen LogP contribution is -2.09. The van der Waals surface area contributed by atoms with Gasteiger partial charge < -0.3 is 9.47 Å². The zero-order valence-electron chi connectivity index (χ0n) is 14.8. The Labute approximate surface area is 156 Å². The number of carbonyl (C=O) groups excluding carboxylic acids is 1. The fourth-order valence-corrected chi connectivity index (χ4v) is 3.61. The Morgan fingerprint density at radius 2 is 2.00 bits per heavy atom. The quantitative estimate of drug-likeness (QED) is 0.704. The molecule has 0 radical (unpaired) electrons. The number of esters is 1. The third kappa shape index (κ3) is 4.00. The molecule has 0 amide bonds. The maximum absolute atomic E-state index is 12.9. The Bertz CT molecular complexity index is 999. The zero-order chi connectivity index (χ0) is 19.6. The highest BCUT2D eigenvalue weighted by atomic mass is 32.2. The molecule has 0 saturated heterocycles. The topological polar surface area (TPSA) is 82.6 Å². The van der Waals surface area contributed by atoms with Crippen LogP contribution >= 0.6 is 0 Å². The van der Waals surface area contributed by atoms with Crippen molar-refractivity contribution < 1.29 is 27.1 Å². The molecule has 3 rings (SSSR count). The van der Waals surface area contributed by atoms with Crippen molar-refractivity contribution >= 4 is 15.8 Å². The number of carbonyl (C=O) groups is 1. The summed E-state index contributed by atoms with van der Waals surface area (Å²) in [6.07, 6.45) is 2.31. The van der Waals surface area contributed by atoms with Crippen molar-refractivity contribution in [1.82, 2.24) is 4.98 Å². The molecule has 6 nitrogen and oxygen atoms in total. The lowest BCUT2D eigenvalue weighted by Gasteiger charge is -2.14. The Morgan fingerprint density at radius 3 is 2.63 bits per heavy atom. The summed E-state index contributed by atoms with van der Waals surface area (Å²) < 4.78 is 48.0. The highest BCUT2D eigenvalue weighted by Crippen LogP contribution is 2.33. The number of nitrogens with zero attached hydrogens (tertiary/aromatic N) is 1. The monoisotopic (exact) mass is 391 g/mol. The van der Waals surface area contributed by atoms with Crippen LogP contribution in [0.4, 0.5) is 4.39 Å². The summed E-state index contributed by atoms with van der Waals surface area (Å²) in [5, 5.41) is 0. The van der Waals surface area contributed by atoms with Crippen LogP contribution < -0.4 is 4.74 Å². The summed E-state index contributed by atoms with van der Waals surface area (Å²) in [7, 11) is -3.39. The molecule has 27 heavy (non-hydrogen) atoms. The average molecular weight is 391 g/mol. The summed E-state index contributed by atoms with van der Waals surface area (Å²) in [6.45, 7) is 3.49. The van der Waals surface area contributed by atoms with Crippen molar-refractivity contribution in [3.63, 3.8) is 0 Å². The number of pyridine rings is 1. The molecule has 1 aliphatic rings. The van der Waals surface area contributed by atoms with Crippen LogP contribution in [0.25, 0.3) is 0 Å². The number of sulfone groups is 1. The molecule has 0 fully saturated rings. The Hall–Kier alpha value is -2.74. The largest absolute Gasteiger partial charge is 0.447 e. The second-order valence-electron chi connectivity index (χ2n) is 5.89. The number of aromatic nitrogens is 1. The standard InChI is InChI=1S/C19H18FNO5S/c1-3-12-5-7-14(27(23,24)4-2)9-15(12)16-10-17(19(22)26-16)25-18-8-6-13(20)11-21-18/h5-11,16H,3-4H2,1-2H3/t16-/m1/s1. The van der Waals surface area contributed by atoms with Crippen molar-refractivity contribution in [1.29, 1.82) is 0 Å². The molecular weight excluding hydrogens is 373 g/mol. The Kier molecular flexibility index (Phi) is 5.27. The molecule has 8 heteroatoms. The molecule has 0 bridgehead atoms. The van der Waals surface area contributed by atoms with Gasteiger partial charge in [-0.15, -0.1) is 0 Å². The van der Waals surface area contributed by atoms with Gasteiger partial charge >= 0.3 is 5.97 Å². The second-order valence-corrected chi connectivity index (χ2v) is 8.17. The first-order valence-electron chi connectivity index (χ1n) is 8.41. The van der Waals surface area contributed by atoms with Crippen LogP contribution in [0.3, 0.4) is 0 Å². The SMILES string of the molecule is CCc1ccc(S(=O)(=O)CC)cc1[C@H]1C=C(Oc2ccc(F)cn2)C(=O)O1. The van der Waals surface area contributed by atoms with Gasteiger partial charge in [0.2, 0.25) is 11.6 Å². The molecule has 0 N–H and O–H groups in total. The number of hydrogen-bond donors (Lipinski definition) is 0. The van der Waals surface area contributed by atoms with E-state index < -0.39 is 27.7 Å². The van der Waals surface area contributed by atoms with E-state index in [0.29, 0.717) is 12.0 Å². The number of benzene rings is 1. The summed E-state index contributed by atoms with van der Waals surface area (Å²) in [6, 6.07) is 7.27. The first-order valence-corrected chi connectivity index (χ1v) is 10.1. The summed E-state index contributed by atoms with van der Waals surface area (Å²) in [5.41, 5.74) is 1.45. The van der Waals surface area contributed by atoms with E-state index in [1.807, 2.05) is 6.92 Å². The van der Waals surface area contributed by atoms with Crippen LogP contribution in [0.1, 0.15) is 31.1 Å². The molecule has 0 saturated carbocycles. The van der Waals surface area contributed by atoms with Gasteiger partial charge in [0.25, 0.3) is 0 Å². The minimum Gasteiger partial charge on any atom is -0.447 e. The van der Waals surface area contributed by atoms with Crippen molar-refractivity contribution in [3.8, 4) is 5.88 Å². The number of hydrogen-bond acceptors (Lipinski definition) is 6. The van der Waals surface area contributed by atoms with E-state index in [1.165, 1.54) is 18.2 Å². The predicted octanol–water partition coefficient (Wildman–Crippen LogP) is 3.14. The maximum atomic E-state index is 12.9. The molecule has 0 aliphatic carbocycles. The van der Waals surface area contributed by atoms with E-state index in [9.17, 15) is 17.6 Å².